The van der Waals surface area contributed by atoms with E-state index in [0.29, 0.717) is 12.0 Å². The highest BCUT2D eigenvalue weighted by molar-refractivity contribution is 5.81. The molecule has 0 spiro atoms. The van der Waals surface area contributed by atoms with E-state index in [4.69, 9.17) is 19.3 Å². The number of carbonyl (C=O) groups is 2. The van der Waals surface area contributed by atoms with Crippen molar-refractivity contribution in [3.8, 4) is 0 Å². The monoisotopic (exact) mass is 739 g/mol. The molecule has 0 saturated heterocycles. The summed E-state index contributed by atoms with van der Waals surface area (Å²) in [5.74, 6) is 3.87. The van der Waals surface area contributed by atoms with Gasteiger partial charge in [-0.2, -0.15) is 0 Å². The van der Waals surface area contributed by atoms with Crippen molar-refractivity contribution in [1.29, 1.82) is 0 Å². The van der Waals surface area contributed by atoms with E-state index in [9.17, 15) is 30.0 Å². The highest BCUT2D eigenvalue weighted by atomic mass is 16.6. The quantitative estimate of drug-likeness (QED) is 0.0718. The number of aliphatic hydroxyl groups excluding tert-OH is 5. The minimum Gasteiger partial charge on any atom is -0.446 e. The van der Waals surface area contributed by atoms with E-state index in [1.165, 1.54) is 56.9 Å². The van der Waals surface area contributed by atoms with Gasteiger partial charge >= 0.3 is 6.09 Å². The lowest BCUT2D eigenvalue weighted by Gasteiger charge is -2.58. The smallest absolute Gasteiger partial charge is 0.407 e. The molecule has 3 saturated carbocycles. The van der Waals surface area contributed by atoms with Crippen molar-refractivity contribution in [2.45, 2.75) is 136 Å². The number of ether oxygens (including phenoxy) is 3. The fourth-order valence-corrected chi connectivity index (χ4v) is 10.5. The Kier molecular flexibility index (Phi) is 16.3. The molecule has 12 nitrogen and oxygen atoms in total. The molecule has 4 aliphatic carbocycles. The fourth-order valence-electron chi connectivity index (χ4n) is 10.5. The molecular weight excluding hydrogens is 668 g/mol. The molecule has 12 atom stereocenters. The predicted molar refractivity (Wildman–Crippen MR) is 197 cm³/mol. The third kappa shape index (κ3) is 10.5. The molecule has 3 fully saturated rings. The third-order valence-corrected chi connectivity index (χ3v) is 13.5. The molecule has 4 rings (SSSR count). The Morgan fingerprint density at radius 3 is 2.23 bits per heavy atom. The Labute approximate surface area is 311 Å². The third-order valence-electron chi connectivity index (χ3n) is 13.5. The van der Waals surface area contributed by atoms with Crippen LogP contribution in [0.4, 0.5) is 4.79 Å². The largest absolute Gasteiger partial charge is 0.446 e. The van der Waals surface area contributed by atoms with Crippen LogP contribution < -0.4 is 10.6 Å². The Morgan fingerprint density at radius 1 is 0.865 bits per heavy atom. The number of alkyl carbamates (subject to hydrolysis) is 1. The number of hydrogen-bond donors (Lipinski definition) is 7. The van der Waals surface area contributed by atoms with Crippen molar-refractivity contribution in [3.05, 3.63) is 11.6 Å². The zero-order valence-corrected chi connectivity index (χ0v) is 32.4. The lowest BCUT2D eigenvalue weighted by molar-refractivity contribution is -0.149. The summed E-state index contributed by atoms with van der Waals surface area (Å²) < 4.78 is 16.8. The Bertz CT molecular complexity index is 1170. The van der Waals surface area contributed by atoms with Crippen molar-refractivity contribution in [1.82, 2.24) is 10.6 Å². The maximum Gasteiger partial charge on any atom is 0.407 e. The van der Waals surface area contributed by atoms with Gasteiger partial charge in [0.1, 0.15) is 24.4 Å². The van der Waals surface area contributed by atoms with Gasteiger partial charge in [-0.3, -0.25) is 4.79 Å². The first-order chi connectivity index (χ1) is 24.7. The van der Waals surface area contributed by atoms with E-state index in [2.05, 4.69) is 51.3 Å². The van der Waals surface area contributed by atoms with Gasteiger partial charge in [0.2, 0.25) is 0 Å². The van der Waals surface area contributed by atoms with Gasteiger partial charge in [-0.1, -0.05) is 65.5 Å². The van der Waals surface area contributed by atoms with Gasteiger partial charge in [0.25, 0.3) is 5.91 Å². The molecule has 4 aliphatic rings. The summed E-state index contributed by atoms with van der Waals surface area (Å²) in [5.41, 5.74) is 2.19. The van der Waals surface area contributed by atoms with Crippen LogP contribution in [0.1, 0.15) is 105 Å². The van der Waals surface area contributed by atoms with E-state index < -0.39 is 43.0 Å². The molecule has 2 amide bonds. The number of fused-ring (bicyclic) bond motifs is 5. The second-order valence-corrected chi connectivity index (χ2v) is 17.2. The molecule has 1 unspecified atom stereocenters. The van der Waals surface area contributed by atoms with Crippen molar-refractivity contribution in [2.24, 2.45) is 46.3 Å². The highest BCUT2D eigenvalue weighted by Crippen LogP contribution is 2.67. The highest BCUT2D eigenvalue weighted by Gasteiger charge is 2.59. The Balaban J connectivity index is 1.09. The number of rotatable bonds is 20. The van der Waals surface area contributed by atoms with E-state index >= 15 is 0 Å². The molecule has 7 N–H and O–H groups in total. The predicted octanol–water partition coefficient (Wildman–Crippen LogP) is 3.71. The van der Waals surface area contributed by atoms with Crippen LogP contribution in [0.15, 0.2) is 11.6 Å². The second kappa shape index (κ2) is 19.7. The molecule has 0 aliphatic heterocycles. The van der Waals surface area contributed by atoms with Crippen LogP contribution >= 0.6 is 0 Å². The van der Waals surface area contributed by atoms with Crippen LogP contribution in [0, 0.1) is 46.3 Å². The molecule has 300 valence electrons. The zero-order chi connectivity index (χ0) is 38.1. The molecule has 0 aromatic rings. The molecule has 12 heteroatoms. The summed E-state index contributed by atoms with van der Waals surface area (Å²) in [6, 6.07) is 0. The Morgan fingerprint density at radius 2 is 1.56 bits per heavy atom. The van der Waals surface area contributed by atoms with Gasteiger partial charge in [-0.25, -0.2) is 4.79 Å². The number of carbonyl (C=O) groups excluding carboxylic acids is 2. The Hall–Kier alpha value is -1.80. The summed E-state index contributed by atoms with van der Waals surface area (Å²) in [5, 5.41) is 52.5. The first-order valence-corrected chi connectivity index (χ1v) is 20.1. The molecule has 0 radical (unpaired) electrons. The maximum atomic E-state index is 12.6. The molecule has 52 heavy (non-hydrogen) atoms. The lowest BCUT2D eigenvalue weighted by atomic mass is 9.47. The van der Waals surface area contributed by atoms with E-state index in [0.717, 1.165) is 54.8 Å². The van der Waals surface area contributed by atoms with E-state index in [-0.39, 0.29) is 44.5 Å². The number of allylic oxidation sites excluding steroid dienone is 1. The minimum atomic E-state index is -1.99. The van der Waals surface area contributed by atoms with Gasteiger partial charge in [0.15, 0.2) is 6.10 Å². The van der Waals surface area contributed by atoms with E-state index in [1.807, 2.05) is 0 Å². The number of amides is 2. The summed E-state index contributed by atoms with van der Waals surface area (Å²) in [6.45, 7) is 12.8. The fraction of sp³-hybridized carbons (Fsp3) is 0.900. The van der Waals surface area contributed by atoms with Crippen LogP contribution in [-0.4, -0.2) is 114 Å². The first kappa shape index (κ1) is 42.9. The van der Waals surface area contributed by atoms with Gasteiger partial charge < -0.3 is 50.4 Å². The topological polar surface area (TPSA) is 187 Å². The van der Waals surface area contributed by atoms with Gasteiger partial charge in [0.05, 0.1) is 33.0 Å². The van der Waals surface area contributed by atoms with Crippen LogP contribution in [0.2, 0.25) is 0 Å². The summed E-state index contributed by atoms with van der Waals surface area (Å²) >= 11 is 0. The van der Waals surface area contributed by atoms with Gasteiger partial charge in [-0.05, 0) is 91.3 Å². The van der Waals surface area contributed by atoms with Crippen LogP contribution in [0.5, 0.6) is 0 Å². The van der Waals surface area contributed by atoms with Crippen LogP contribution in [-0.2, 0) is 19.0 Å². The van der Waals surface area contributed by atoms with Crippen LogP contribution in [0.25, 0.3) is 0 Å². The molecule has 0 aromatic heterocycles. The molecular formula is C40H70N2O10. The SMILES string of the molecule is CC(C)CCC[C@@H](C)[C@H]1CC[C@H]2[C@@H]3CC=C4CC(OC(=O)NCCOCCOCCNC(=O)[C@H](O)[C@@H](O)[C@H](O)[C@H](O)CO)CC[C@]4(C)[C@H]3CC[C@]12C. The molecule has 0 bridgehead atoms. The van der Waals surface area contributed by atoms with Gasteiger partial charge in [0, 0.05) is 19.5 Å². The van der Waals surface area contributed by atoms with Crippen molar-refractivity contribution >= 4 is 12.0 Å². The molecule has 0 heterocycles. The van der Waals surface area contributed by atoms with Crippen molar-refractivity contribution < 1.29 is 49.3 Å². The number of hydrogen-bond acceptors (Lipinski definition) is 10. The average molecular weight is 739 g/mol. The van der Waals surface area contributed by atoms with E-state index in [1.54, 1.807) is 0 Å². The normalized spacial score (nSPS) is 32.8. The zero-order valence-electron chi connectivity index (χ0n) is 32.4. The summed E-state index contributed by atoms with van der Waals surface area (Å²) in [6.07, 6.45) is 8.03. The van der Waals surface area contributed by atoms with Crippen molar-refractivity contribution in [2.75, 3.05) is 46.1 Å². The minimum absolute atomic E-state index is 0.0333. The lowest BCUT2D eigenvalue weighted by Crippen LogP contribution is -2.52. The number of nitrogens with one attached hydrogen (secondary N) is 2. The standard InChI is InChI=1S/C40H70N2O10/c1-25(2)7-6-8-26(3)30-11-12-31-29-10-9-27-23-28(13-15-39(27,4)32(29)14-16-40(30,31)5)52-38(49)42-18-20-51-22-21-50-19-17-41-37(48)36(47)35(46)34(45)33(44)24-43/h9,25-26,28-36,43-47H,6-8,10-24H2,1-5H3,(H,41,48)(H,42,49)/t26-,28?,29+,30-,31+,32+,33-,34-,35+,36-,39+,40-/m1/s1. The summed E-state index contributed by atoms with van der Waals surface area (Å²) in [7, 11) is 0. The second-order valence-electron chi connectivity index (χ2n) is 17.2. The average Bonchev–Trinajstić information content (AvgIpc) is 3.48. The maximum absolute atomic E-state index is 12.6. The van der Waals surface area contributed by atoms with Gasteiger partial charge in [-0.15, -0.1) is 0 Å². The first-order valence-electron chi connectivity index (χ1n) is 20.1. The molecule has 0 aromatic carbocycles. The number of aliphatic hydroxyl groups is 5. The summed E-state index contributed by atoms with van der Waals surface area (Å²) in [4.78, 5) is 24.5. The van der Waals surface area contributed by atoms with Crippen molar-refractivity contribution in [3.63, 3.8) is 0 Å². The van der Waals surface area contributed by atoms with Crippen LogP contribution in [0.3, 0.4) is 0 Å².